The number of allylic oxidation sites excluding steroid dienone is 3. The third kappa shape index (κ3) is 4.47. The van der Waals surface area contributed by atoms with Gasteiger partial charge in [0, 0.05) is 57.9 Å². The lowest BCUT2D eigenvalue weighted by molar-refractivity contribution is 0.313. The van der Waals surface area contributed by atoms with Crippen molar-refractivity contribution in [1.29, 1.82) is 0 Å². The van der Waals surface area contributed by atoms with E-state index >= 15 is 0 Å². The number of benzene rings is 1. The summed E-state index contributed by atoms with van der Waals surface area (Å²) in [5.74, 6) is 2.26. The van der Waals surface area contributed by atoms with E-state index in [9.17, 15) is 0 Å². The van der Waals surface area contributed by atoms with Gasteiger partial charge in [-0.1, -0.05) is 11.6 Å². The van der Waals surface area contributed by atoms with E-state index in [1.165, 1.54) is 5.69 Å². The predicted octanol–water partition coefficient (Wildman–Crippen LogP) is 3.40. The molecule has 1 N–H and O–H groups in total. The van der Waals surface area contributed by atoms with Gasteiger partial charge in [-0.3, -0.25) is 9.39 Å². The Bertz CT molecular complexity index is 1470. The van der Waals surface area contributed by atoms with Crippen LogP contribution >= 0.6 is 0 Å². The molecule has 0 saturated carbocycles. The van der Waals surface area contributed by atoms with Gasteiger partial charge in [0.05, 0.1) is 11.0 Å². The fourth-order valence-corrected chi connectivity index (χ4v) is 4.58. The minimum Gasteiger partial charge on any atom is -0.370 e. The van der Waals surface area contributed by atoms with Crippen molar-refractivity contribution in [1.82, 2.24) is 34.0 Å². The third-order valence-corrected chi connectivity index (χ3v) is 6.61. The number of imidazole rings is 1. The number of fused-ring (bicyclic) bond motifs is 2. The van der Waals surface area contributed by atoms with E-state index < -0.39 is 0 Å². The van der Waals surface area contributed by atoms with Gasteiger partial charge in [0.15, 0.2) is 11.6 Å². The van der Waals surface area contributed by atoms with Gasteiger partial charge in [-0.25, -0.2) is 9.97 Å². The molecular formula is C26H32N10. The highest BCUT2D eigenvalue weighted by Crippen LogP contribution is 2.30. The first-order chi connectivity index (χ1) is 17.5. The summed E-state index contributed by atoms with van der Waals surface area (Å²) in [6, 6.07) is 6.55. The number of anilines is 2. The zero-order valence-electron chi connectivity index (χ0n) is 21.3. The van der Waals surface area contributed by atoms with Crippen LogP contribution in [0.3, 0.4) is 0 Å². The normalized spacial score (nSPS) is 15.4. The summed E-state index contributed by atoms with van der Waals surface area (Å²) in [5, 5.41) is 11.7. The molecule has 1 aliphatic heterocycles. The van der Waals surface area contributed by atoms with Crippen LogP contribution in [0.4, 0.5) is 11.5 Å². The van der Waals surface area contributed by atoms with Crippen LogP contribution < -0.4 is 10.2 Å². The van der Waals surface area contributed by atoms with Crippen LogP contribution in [-0.2, 0) is 6.54 Å². The molecule has 3 aromatic heterocycles. The lowest BCUT2D eigenvalue weighted by atomic mass is 10.2. The zero-order valence-corrected chi connectivity index (χ0v) is 21.3. The lowest BCUT2D eigenvalue weighted by Gasteiger charge is -2.34. The summed E-state index contributed by atoms with van der Waals surface area (Å²) in [7, 11) is 4.02. The van der Waals surface area contributed by atoms with E-state index in [1.807, 2.05) is 36.7 Å². The van der Waals surface area contributed by atoms with E-state index in [0.29, 0.717) is 18.0 Å². The number of piperazine rings is 1. The summed E-state index contributed by atoms with van der Waals surface area (Å²) in [6.07, 6.45) is 7.60. The standard InChI is InChI=1S/C26H32N10/c1-18(7-6-10-27-3)16-36-23-15-20(34-13-11-33(5)12-14-34)8-9-21(23)30-25(36)22-17-35-19(2)31-32-26(35)24(28-4)29-22/h6-10,15,17H,3,11-14,16H2,1-2,4-5H3,(H,28,29)/b10-6-,18-7+. The largest absolute Gasteiger partial charge is 0.370 e. The smallest absolute Gasteiger partial charge is 0.203 e. The molecule has 0 bridgehead atoms. The molecule has 0 amide bonds. The molecule has 0 aliphatic carbocycles. The maximum atomic E-state index is 5.05. The van der Waals surface area contributed by atoms with Crippen LogP contribution in [0.15, 0.2) is 53.3 Å². The Balaban J connectivity index is 1.66. The van der Waals surface area contributed by atoms with Crippen LogP contribution in [0, 0.1) is 6.92 Å². The van der Waals surface area contributed by atoms with Crippen molar-refractivity contribution in [2.75, 3.05) is 50.5 Å². The van der Waals surface area contributed by atoms with Crippen molar-refractivity contribution in [2.24, 2.45) is 4.99 Å². The number of aryl methyl sites for hydroxylation is 1. The summed E-state index contributed by atoms with van der Waals surface area (Å²) < 4.78 is 4.19. The Labute approximate surface area is 210 Å². The molecular weight excluding hydrogens is 452 g/mol. The molecule has 0 spiro atoms. The lowest BCUT2D eigenvalue weighted by Crippen LogP contribution is -2.44. The SMILES string of the molecule is C=N/C=C\C=C(/C)Cn1c(-c2cn3c(C)nnc3c(NC)n2)nc2ccc(N3CCN(C)CC3)cc21. The highest BCUT2D eigenvalue weighted by Gasteiger charge is 2.20. The number of nitrogens with one attached hydrogen (secondary N) is 1. The first-order valence-corrected chi connectivity index (χ1v) is 12.1. The molecule has 1 aromatic carbocycles. The van der Waals surface area contributed by atoms with Gasteiger partial charge in [-0.15, -0.1) is 10.2 Å². The quantitative estimate of drug-likeness (QED) is 0.317. The van der Waals surface area contributed by atoms with Crippen molar-refractivity contribution < 1.29 is 0 Å². The Morgan fingerprint density at radius 1 is 1.17 bits per heavy atom. The summed E-state index contributed by atoms with van der Waals surface area (Å²) >= 11 is 0. The second-order valence-corrected chi connectivity index (χ2v) is 9.19. The van der Waals surface area contributed by atoms with Gasteiger partial charge in [0.1, 0.15) is 11.5 Å². The van der Waals surface area contributed by atoms with Gasteiger partial charge >= 0.3 is 0 Å². The number of hydrogen-bond donors (Lipinski definition) is 1. The third-order valence-electron chi connectivity index (χ3n) is 6.61. The number of hydrogen-bond acceptors (Lipinski definition) is 8. The highest BCUT2D eigenvalue weighted by molar-refractivity contribution is 5.84. The van der Waals surface area contributed by atoms with Gasteiger partial charge in [-0.05, 0) is 51.9 Å². The molecule has 10 heteroatoms. The van der Waals surface area contributed by atoms with Crippen LogP contribution in [0.5, 0.6) is 0 Å². The van der Waals surface area contributed by atoms with Gasteiger partial charge < -0.3 is 19.7 Å². The average Bonchev–Trinajstić information content (AvgIpc) is 3.44. The van der Waals surface area contributed by atoms with Crippen LogP contribution in [0.1, 0.15) is 12.7 Å². The number of rotatable bonds is 7. The van der Waals surface area contributed by atoms with E-state index in [4.69, 9.17) is 9.97 Å². The number of aromatic nitrogens is 6. The van der Waals surface area contributed by atoms with Gasteiger partial charge in [-0.2, -0.15) is 0 Å². The van der Waals surface area contributed by atoms with Crippen molar-refractivity contribution in [3.05, 3.63) is 54.1 Å². The Kier molecular flexibility index (Phi) is 6.51. The summed E-state index contributed by atoms with van der Waals surface area (Å²) in [5.41, 5.74) is 5.84. The second kappa shape index (κ2) is 9.90. The average molecular weight is 485 g/mol. The van der Waals surface area contributed by atoms with Crippen LogP contribution in [-0.4, -0.2) is 81.0 Å². The molecule has 0 unspecified atom stereocenters. The summed E-state index contributed by atoms with van der Waals surface area (Å²) in [4.78, 5) is 18.5. The molecule has 5 rings (SSSR count). The maximum Gasteiger partial charge on any atom is 0.203 e. The van der Waals surface area contributed by atoms with E-state index in [-0.39, 0.29) is 0 Å². The fraction of sp³-hybridized carbons (Fsp3) is 0.346. The van der Waals surface area contributed by atoms with E-state index in [1.54, 1.807) is 6.20 Å². The molecule has 1 aliphatic rings. The van der Waals surface area contributed by atoms with Crippen molar-refractivity contribution in [2.45, 2.75) is 20.4 Å². The predicted molar refractivity (Wildman–Crippen MR) is 146 cm³/mol. The minimum absolute atomic E-state index is 0.662. The fourth-order valence-electron chi connectivity index (χ4n) is 4.58. The van der Waals surface area contributed by atoms with Crippen molar-refractivity contribution >= 4 is 34.9 Å². The first kappa shape index (κ1) is 23.7. The molecule has 0 radical (unpaired) electrons. The molecule has 4 aromatic rings. The maximum absolute atomic E-state index is 5.05. The Hall–Kier alpha value is -4.05. The topological polar surface area (TPSA) is 91.8 Å². The van der Waals surface area contributed by atoms with Crippen LogP contribution in [0.25, 0.3) is 28.2 Å². The molecule has 1 fully saturated rings. The van der Waals surface area contributed by atoms with E-state index in [0.717, 1.165) is 60.1 Å². The zero-order chi connectivity index (χ0) is 25.2. The van der Waals surface area contributed by atoms with Gasteiger partial charge in [0.2, 0.25) is 5.65 Å². The number of nitrogens with zero attached hydrogens (tertiary/aromatic N) is 9. The summed E-state index contributed by atoms with van der Waals surface area (Å²) in [6.45, 7) is 12.4. The minimum atomic E-state index is 0.662. The molecule has 36 heavy (non-hydrogen) atoms. The molecule has 1 saturated heterocycles. The van der Waals surface area contributed by atoms with Gasteiger partial charge in [0.25, 0.3) is 0 Å². The first-order valence-electron chi connectivity index (χ1n) is 12.1. The van der Waals surface area contributed by atoms with Crippen molar-refractivity contribution in [3.8, 4) is 11.5 Å². The van der Waals surface area contributed by atoms with E-state index in [2.05, 4.69) is 73.8 Å². The second-order valence-electron chi connectivity index (χ2n) is 9.19. The Morgan fingerprint density at radius 2 is 1.97 bits per heavy atom. The molecule has 4 heterocycles. The van der Waals surface area contributed by atoms with Crippen molar-refractivity contribution in [3.63, 3.8) is 0 Å². The molecule has 186 valence electrons. The number of aliphatic imine (C=N–C) groups is 1. The molecule has 10 nitrogen and oxygen atoms in total. The molecule has 0 atom stereocenters. The monoisotopic (exact) mass is 484 g/mol. The number of likely N-dealkylation sites (N-methyl/N-ethyl adjacent to an activating group) is 1. The van der Waals surface area contributed by atoms with Crippen LogP contribution in [0.2, 0.25) is 0 Å². The Morgan fingerprint density at radius 3 is 2.72 bits per heavy atom. The highest BCUT2D eigenvalue weighted by atomic mass is 15.3.